The number of benzene rings is 1. The number of aliphatic imine (C=N–C) groups is 1. The van der Waals surface area contributed by atoms with Crippen LogP contribution in [0.5, 0.6) is 0 Å². The van der Waals surface area contributed by atoms with Gasteiger partial charge in [0.1, 0.15) is 0 Å². The zero-order valence-corrected chi connectivity index (χ0v) is 12.4. The lowest BCUT2D eigenvalue weighted by molar-refractivity contribution is 0.125. The average Bonchev–Trinajstić information content (AvgIpc) is 2.50. The Bertz CT molecular complexity index is 401. The molecule has 110 valence electrons. The molecular formula is C16H25N3O. The summed E-state index contributed by atoms with van der Waals surface area (Å²) in [6, 6.07) is 10.2. The highest BCUT2D eigenvalue weighted by Gasteiger charge is 1.96. The van der Waals surface area contributed by atoms with E-state index in [2.05, 4.69) is 39.9 Å². The van der Waals surface area contributed by atoms with Crippen molar-refractivity contribution in [3.05, 3.63) is 48.0 Å². The molecular weight excluding hydrogens is 250 g/mol. The predicted molar refractivity (Wildman–Crippen MR) is 84.9 cm³/mol. The van der Waals surface area contributed by atoms with E-state index in [0.29, 0.717) is 13.2 Å². The van der Waals surface area contributed by atoms with Crippen molar-refractivity contribution in [1.29, 1.82) is 0 Å². The summed E-state index contributed by atoms with van der Waals surface area (Å²) in [5.41, 5.74) is 1.20. The number of hydrogen-bond acceptors (Lipinski definition) is 2. The van der Waals surface area contributed by atoms with E-state index >= 15 is 0 Å². The molecule has 0 unspecified atom stereocenters. The molecule has 0 bridgehead atoms. The molecule has 0 aliphatic carbocycles. The van der Waals surface area contributed by atoms with Crippen molar-refractivity contribution >= 4 is 5.96 Å². The molecule has 0 fully saturated rings. The normalized spacial score (nSPS) is 11.8. The summed E-state index contributed by atoms with van der Waals surface area (Å²) in [5.74, 6) is 0.817. The smallest absolute Gasteiger partial charge is 0.191 e. The summed E-state index contributed by atoms with van der Waals surface area (Å²) >= 11 is 0. The lowest BCUT2D eigenvalue weighted by Crippen LogP contribution is -2.39. The fourth-order valence-corrected chi connectivity index (χ4v) is 1.67. The number of hydrogen-bond donors (Lipinski definition) is 2. The first-order valence-electron chi connectivity index (χ1n) is 7.04. The Balaban J connectivity index is 2.07. The molecule has 1 aromatic rings. The molecule has 1 rings (SSSR count). The van der Waals surface area contributed by atoms with Gasteiger partial charge in [-0.1, -0.05) is 42.5 Å². The molecule has 4 nitrogen and oxygen atoms in total. The molecule has 1 aromatic carbocycles. The first-order valence-corrected chi connectivity index (χ1v) is 7.04. The highest BCUT2D eigenvalue weighted by molar-refractivity contribution is 5.79. The van der Waals surface area contributed by atoms with E-state index in [4.69, 9.17) is 4.74 Å². The van der Waals surface area contributed by atoms with Crippen LogP contribution in [-0.2, 0) is 11.3 Å². The molecule has 0 heterocycles. The zero-order chi connectivity index (χ0) is 14.5. The molecule has 0 atom stereocenters. The van der Waals surface area contributed by atoms with E-state index in [1.165, 1.54) is 5.56 Å². The number of rotatable bonds is 8. The number of allylic oxidation sites excluding steroid dienone is 1. The number of guanidine groups is 1. The average molecular weight is 275 g/mol. The molecule has 0 saturated heterocycles. The van der Waals surface area contributed by atoms with Crippen molar-refractivity contribution in [2.75, 3.05) is 26.7 Å². The maximum Gasteiger partial charge on any atom is 0.191 e. The van der Waals surface area contributed by atoms with Crippen LogP contribution in [0.4, 0.5) is 0 Å². The third-order valence-corrected chi connectivity index (χ3v) is 2.71. The van der Waals surface area contributed by atoms with Crippen LogP contribution in [0, 0.1) is 0 Å². The fraction of sp³-hybridized carbons (Fsp3) is 0.438. The molecule has 0 amide bonds. The summed E-state index contributed by atoms with van der Waals surface area (Å²) in [7, 11) is 1.77. The van der Waals surface area contributed by atoms with Gasteiger partial charge in [-0.05, 0) is 18.9 Å². The second kappa shape index (κ2) is 11.1. The molecule has 0 aliphatic heterocycles. The van der Waals surface area contributed by atoms with E-state index in [1.807, 2.05) is 25.1 Å². The minimum atomic E-state index is 0.649. The molecule has 0 saturated carbocycles. The molecule has 4 heteroatoms. The lowest BCUT2D eigenvalue weighted by atomic mass is 10.2. The topological polar surface area (TPSA) is 45.7 Å². The number of ether oxygens (including phenoxy) is 1. The third-order valence-electron chi connectivity index (χ3n) is 2.71. The minimum absolute atomic E-state index is 0.649. The van der Waals surface area contributed by atoms with Crippen LogP contribution in [0.2, 0.25) is 0 Å². The zero-order valence-electron chi connectivity index (χ0n) is 12.4. The third kappa shape index (κ3) is 7.59. The summed E-state index contributed by atoms with van der Waals surface area (Å²) in [5, 5.41) is 6.47. The first kappa shape index (κ1) is 16.2. The number of nitrogens with zero attached hydrogens (tertiary/aromatic N) is 1. The molecule has 2 N–H and O–H groups in total. The minimum Gasteiger partial charge on any atom is -0.375 e. The van der Waals surface area contributed by atoms with Crippen molar-refractivity contribution < 1.29 is 4.74 Å². The van der Waals surface area contributed by atoms with E-state index < -0.39 is 0 Å². The SMILES string of the molecule is C/C=C/CCNC(=NC)NCCOCc1ccccc1. The van der Waals surface area contributed by atoms with Gasteiger partial charge in [-0.3, -0.25) is 4.99 Å². The second-order valence-corrected chi connectivity index (χ2v) is 4.32. The Kier molecular flexibility index (Phi) is 8.98. The molecule has 0 spiro atoms. The first-order chi connectivity index (χ1) is 9.86. The van der Waals surface area contributed by atoms with Gasteiger partial charge >= 0.3 is 0 Å². The van der Waals surface area contributed by atoms with Crippen molar-refractivity contribution in [3.8, 4) is 0 Å². The van der Waals surface area contributed by atoms with Crippen LogP contribution in [0.15, 0.2) is 47.5 Å². The monoisotopic (exact) mass is 275 g/mol. The molecule has 0 aromatic heterocycles. The summed E-state index contributed by atoms with van der Waals surface area (Å²) in [4.78, 5) is 4.16. The van der Waals surface area contributed by atoms with Crippen LogP contribution in [0.1, 0.15) is 18.9 Å². The van der Waals surface area contributed by atoms with Gasteiger partial charge in [-0.25, -0.2) is 0 Å². The van der Waals surface area contributed by atoms with Crippen LogP contribution in [-0.4, -0.2) is 32.7 Å². The Labute approximate surface area is 121 Å². The summed E-state index contributed by atoms with van der Waals surface area (Å²) in [6.07, 6.45) is 5.18. The quantitative estimate of drug-likeness (QED) is 0.331. The maximum atomic E-state index is 5.60. The Hall–Kier alpha value is -1.81. The van der Waals surface area contributed by atoms with E-state index in [-0.39, 0.29) is 0 Å². The van der Waals surface area contributed by atoms with Crippen LogP contribution in [0.25, 0.3) is 0 Å². The number of nitrogens with one attached hydrogen (secondary N) is 2. The van der Waals surface area contributed by atoms with Crippen molar-refractivity contribution in [3.63, 3.8) is 0 Å². The Morgan fingerprint density at radius 2 is 1.95 bits per heavy atom. The van der Waals surface area contributed by atoms with Gasteiger partial charge in [0.15, 0.2) is 5.96 Å². The van der Waals surface area contributed by atoms with Gasteiger partial charge in [0.05, 0.1) is 13.2 Å². The van der Waals surface area contributed by atoms with Gasteiger partial charge in [0.25, 0.3) is 0 Å². The van der Waals surface area contributed by atoms with Gasteiger partial charge in [0.2, 0.25) is 0 Å². The van der Waals surface area contributed by atoms with Gasteiger partial charge in [0, 0.05) is 20.1 Å². The van der Waals surface area contributed by atoms with E-state index in [0.717, 1.165) is 25.5 Å². The molecule has 0 aliphatic rings. The van der Waals surface area contributed by atoms with Gasteiger partial charge < -0.3 is 15.4 Å². The standard InChI is InChI=1S/C16H25N3O/c1-3-4-8-11-18-16(17-2)19-12-13-20-14-15-9-6-5-7-10-15/h3-7,9-10H,8,11-14H2,1-2H3,(H2,17,18,19)/b4-3+. The highest BCUT2D eigenvalue weighted by Crippen LogP contribution is 1.99. The Morgan fingerprint density at radius 3 is 2.65 bits per heavy atom. The van der Waals surface area contributed by atoms with Gasteiger partial charge in [-0.2, -0.15) is 0 Å². The Morgan fingerprint density at radius 1 is 1.20 bits per heavy atom. The second-order valence-electron chi connectivity index (χ2n) is 4.32. The van der Waals surface area contributed by atoms with Crippen LogP contribution in [0.3, 0.4) is 0 Å². The molecule has 20 heavy (non-hydrogen) atoms. The largest absolute Gasteiger partial charge is 0.375 e. The molecule has 0 radical (unpaired) electrons. The fourth-order valence-electron chi connectivity index (χ4n) is 1.67. The van der Waals surface area contributed by atoms with Gasteiger partial charge in [-0.15, -0.1) is 0 Å². The van der Waals surface area contributed by atoms with Crippen molar-refractivity contribution in [2.45, 2.75) is 20.0 Å². The predicted octanol–water partition coefficient (Wildman–Crippen LogP) is 2.33. The highest BCUT2D eigenvalue weighted by atomic mass is 16.5. The lowest BCUT2D eigenvalue weighted by Gasteiger charge is -2.11. The maximum absolute atomic E-state index is 5.60. The van der Waals surface area contributed by atoms with Crippen LogP contribution >= 0.6 is 0 Å². The van der Waals surface area contributed by atoms with Crippen LogP contribution < -0.4 is 10.6 Å². The summed E-state index contributed by atoms with van der Waals surface area (Å²) < 4.78 is 5.60. The van der Waals surface area contributed by atoms with E-state index in [1.54, 1.807) is 7.05 Å². The van der Waals surface area contributed by atoms with Crippen molar-refractivity contribution in [1.82, 2.24) is 10.6 Å². The van der Waals surface area contributed by atoms with E-state index in [9.17, 15) is 0 Å². The van der Waals surface area contributed by atoms with Crippen molar-refractivity contribution in [2.24, 2.45) is 4.99 Å². The summed E-state index contributed by atoms with van der Waals surface area (Å²) in [6.45, 7) is 4.96.